The van der Waals surface area contributed by atoms with Gasteiger partial charge in [-0.25, -0.2) is 0 Å². The first-order valence-electron chi connectivity index (χ1n) is 6.14. The zero-order valence-electron chi connectivity index (χ0n) is 10.7. The third-order valence-corrected chi connectivity index (χ3v) is 2.82. The molecule has 6 nitrogen and oxygen atoms in total. The standard InChI is InChI=1S/C11H21N5O/c1-4-7-13-11-15-14-9(8(5-2)6-3)10(17)16(11)12/h8H,4-7,12H2,1-3H3,(H,13,15). The van der Waals surface area contributed by atoms with Crippen LogP contribution in [0.5, 0.6) is 0 Å². The molecule has 0 radical (unpaired) electrons. The van der Waals surface area contributed by atoms with Crippen LogP contribution in [0.3, 0.4) is 0 Å². The van der Waals surface area contributed by atoms with Crippen LogP contribution in [0, 0.1) is 0 Å². The third-order valence-electron chi connectivity index (χ3n) is 2.82. The van der Waals surface area contributed by atoms with Crippen molar-refractivity contribution >= 4 is 5.95 Å². The van der Waals surface area contributed by atoms with E-state index < -0.39 is 0 Å². The Balaban J connectivity index is 3.05. The van der Waals surface area contributed by atoms with Crippen LogP contribution in [0.15, 0.2) is 4.79 Å². The Kier molecular flexibility index (Phi) is 4.93. The number of nitrogens with one attached hydrogen (secondary N) is 1. The van der Waals surface area contributed by atoms with Crippen molar-refractivity contribution in [3.05, 3.63) is 16.0 Å². The normalized spacial score (nSPS) is 10.8. The minimum Gasteiger partial charge on any atom is -0.353 e. The molecule has 1 aromatic heterocycles. The molecule has 1 aromatic rings. The van der Waals surface area contributed by atoms with E-state index in [-0.39, 0.29) is 11.5 Å². The van der Waals surface area contributed by atoms with Gasteiger partial charge in [-0.05, 0) is 19.3 Å². The van der Waals surface area contributed by atoms with Crippen LogP contribution in [-0.4, -0.2) is 21.4 Å². The molecule has 0 saturated heterocycles. The molecule has 0 aliphatic rings. The fraction of sp³-hybridized carbons (Fsp3) is 0.727. The van der Waals surface area contributed by atoms with Crippen molar-refractivity contribution in [2.24, 2.45) is 0 Å². The van der Waals surface area contributed by atoms with Gasteiger partial charge in [0, 0.05) is 12.5 Å². The van der Waals surface area contributed by atoms with Crippen LogP contribution in [0.2, 0.25) is 0 Å². The Morgan fingerprint density at radius 3 is 2.47 bits per heavy atom. The number of hydrogen-bond donors (Lipinski definition) is 2. The van der Waals surface area contributed by atoms with Crippen molar-refractivity contribution in [1.29, 1.82) is 0 Å². The Hall–Kier alpha value is -1.59. The average Bonchev–Trinajstić information content (AvgIpc) is 2.35. The summed E-state index contributed by atoms with van der Waals surface area (Å²) >= 11 is 0. The van der Waals surface area contributed by atoms with Gasteiger partial charge in [-0.3, -0.25) is 4.79 Å². The summed E-state index contributed by atoms with van der Waals surface area (Å²) in [5.74, 6) is 6.17. The molecule has 0 fully saturated rings. The summed E-state index contributed by atoms with van der Waals surface area (Å²) in [6, 6.07) is 0. The van der Waals surface area contributed by atoms with Crippen LogP contribution in [0.4, 0.5) is 5.95 Å². The van der Waals surface area contributed by atoms with Gasteiger partial charge in [0.1, 0.15) is 5.69 Å². The van der Waals surface area contributed by atoms with E-state index in [1.807, 2.05) is 20.8 Å². The van der Waals surface area contributed by atoms with Crippen molar-refractivity contribution in [3.63, 3.8) is 0 Å². The van der Waals surface area contributed by atoms with Crippen molar-refractivity contribution in [3.8, 4) is 0 Å². The molecule has 0 aliphatic carbocycles. The molecule has 0 spiro atoms. The van der Waals surface area contributed by atoms with Crippen molar-refractivity contribution in [2.75, 3.05) is 17.7 Å². The fourth-order valence-corrected chi connectivity index (χ4v) is 1.70. The maximum absolute atomic E-state index is 12.0. The van der Waals surface area contributed by atoms with Gasteiger partial charge in [0.2, 0.25) is 5.95 Å². The van der Waals surface area contributed by atoms with Crippen LogP contribution >= 0.6 is 0 Å². The predicted octanol–water partition coefficient (Wildman–Crippen LogP) is 1.08. The van der Waals surface area contributed by atoms with Gasteiger partial charge in [0.25, 0.3) is 5.56 Å². The number of aromatic nitrogens is 3. The maximum Gasteiger partial charge on any atom is 0.295 e. The molecular formula is C11H21N5O. The second kappa shape index (κ2) is 6.22. The molecule has 0 bridgehead atoms. The summed E-state index contributed by atoms with van der Waals surface area (Å²) in [5, 5.41) is 10.9. The lowest BCUT2D eigenvalue weighted by Crippen LogP contribution is -2.35. The Morgan fingerprint density at radius 1 is 1.29 bits per heavy atom. The lowest BCUT2D eigenvalue weighted by Gasteiger charge is -2.13. The summed E-state index contributed by atoms with van der Waals surface area (Å²) in [4.78, 5) is 12.0. The van der Waals surface area contributed by atoms with Gasteiger partial charge in [-0.15, -0.1) is 10.2 Å². The fourth-order valence-electron chi connectivity index (χ4n) is 1.70. The largest absolute Gasteiger partial charge is 0.353 e. The Bertz CT molecular complexity index is 411. The first kappa shape index (κ1) is 13.5. The van der Waals surface area contributed by atoms with Crippen LogP contribution in [-0.2, 0) is 0 Å². The number of rotatable bonds is 6. The highest BCUT2D eigenvalue weighted by atomic mass is 16.1. The highest BCUT2D eigenvalue weighted by Crippen LogP contribution is 2.17. The molecule has 3 N–H and O–H groups in total. The number of nitrogens with zero attached hydrogens (tertiary/aromatic N) is 3. The van der Waals surface area contributed by atoms with Gasteiger partial charge < -0.3 is 11.2 Å². The average molecular weight is 239 g/mol. The molecule has 0 atom stereocenters. The number of nitrogen functional groups attached to an aromatic ring is 1. The molecule has 0 amide bonds. The van der Waals surface area contributed by atoms with Crippen LogP contribution < -0.4 is 16.7 Å². The predicted molar refractivity (Wildman–Crippen MR) is 68.5 cm³/mol. The van der Waals surface area contributed by atoms with Crippen molar-refractivity contribution in [2.45, 2.75) is 46.0 Å². The summed E-state index contributed by atoms with van der Waals surface area (Å²) in [7, 11) is 0. The van der Waals surface area contributed by atoms with E-state index >= 15 is 0 Å². The number of anilines is 1. The Labute approximate surface area is 101 Å². The maximum atomic E-state index is 12.0. The van der Waals surface area contributed by atoms with E-state index in [1.165, 1.54) is 0 Å². The lowest BCUT2D eigenvalue weighted by molar-refractivity contribution is 0.590. The second-order valence-electron chi connectivity index (χ2n) is 4.02. The molecule has 0 unspecified atom stereocenters. The number of nitrogens with two attached hydrogens (primary N) is 1. The van der Waals surface area contributed by atoms with Crippen LogP contribution in [0.1, 0.15) is 51.6 Å². The van der Waals surface area contributed by atoms with Gasteiger partial charge in [-0.2, -0.15) is 4.68 Å². The van der Waals surface area contributed by atoms with E-state index in [1.54, 1.807) is 0 Å². The van der Waals surface area contributed by atoms with Crippen LogP contribution in [0.25, 0.3) is 0 Å². The first-order chi connectivity index (χ1) is 8.15. The molecule has 6 heteroatoms. The highest BCUT2D eigenvalue weighted by molar-refractivity contribution is 5.24. The highest BCUT2D eigenvalue weighted by Gasteiger charge is 2.16. The smallest absolute Gasteiger partial charge is 0.295 e. The van der Waals surface area contributed by atoms with Crippen molar-refractivity contribution < 1.29 is 0 Å². The summed E-state index contributed by atoms with van der Waals surface area (Å²) in [6.07, 6.45) is 2.66. The molecule has 0 saturated carbocycles. The van der Waals surface area contributed by atoms with Gasteiger partial charge in [0.05, 0.1) is 0 Å². The minimum absolute atomic E-state index is 0.130. The first-order valence-corrected chi connectivity index (χ1v) is 6.14. The van der Waals surface area contributed by atoms with Gasteiger partial charge >= 0.3 is 0 Å². The molecule has 96 valence electrons. The van der Waals surface area contributed by atoms with E-state index in [4.69, 9.17) is 5.84 Å². The monoisotopic (exact) mass is 239 g/mol. The van der Waals surface area contributed by atoms with Gasteiger partial charge in [-0.1, -0.05) is 20.8 Å². The summed E-state index contributed by atoms with van der Waals surface area (Å²) in [5.41, 5.74) is 0.201. The molecule has 0 aliphatic heterocycles. The van der Waals surface area contributed by atoms with Gasteiger partial charge in [0.15, 0.2) is 0 Å². The molecular weight excluding hydrogens is 218 g/mol. The van der Waals surface area contributed by atoms with Crippen molar-refractivity contribution in [1.82, 2.24) is 14.9 Å². The van der Waals surface area contributed by atoms with E-state index in [0.717, 1.165) is 30.5 Å². The third kappa shape index (κ3) is 2.95. The summed E-state index contributed by atoms with van der Waals surface area (Å²) in [6.45, 7) is 6.80. The molecule has 17 heavy (non-hydrogen) atoms. The molecule has 1 rings (SSSR count). The zero-order chi connectivity index (χ0) is 12.8. The minimum atomic E-state index is -0.257. The Morgan fingerprint density at radius 2 is 1.94 bits per heavy atom. The lowest BCUT2D eigenvalue weighted by atomic mass is 10.0. The number of hydrogen-bond acceptors (Lipinski definition) is 5. The SMILES string of the molecule is CCCNc1nnc(C(CC)CC)c(=O)n1N. The van der Waals surface area contributed by atoms with E-state index in [2.05, 4.69) is 15.5 Å². The molecule has 0 aromatic carbocycles. The van der Waals surface area contributed by atoms with E-state index in [9.17, 15) is 4.79 Å². The zero-order valence-corrected chi connectivity index (χ0v) is 10.7. The quantitative estimate of drug-likeness (QED) is 0.725. The second-order valence-corrected chi connectivity index (χ2v) is 4.02. The molecule has 1 heterocycles. The van der Waals surface area contributed by atoms with E-state index in [0.29, 0.717) is 11.6 Å². The topological polar surface area (TPSA) is 85.8 Å². The summed E-state index contributed by atoms with van der Waals surface area (Å²) < 4.78 is 1.05.